The molecule has 6 N–H and O–H groups in total. The first-order valence-electron chi connectivity index (χ1n) is 7.87. The average molecular weight is 344 g/mol. The molecule has 1 aromatic carbocycles. The van der Waals surface area contributed by atoms with Crippen molar-refractivity contribution in [3.05, 3.63) is 23.8 Å². The fraction of sp³-hybridized carbons (Fsp3) is 0.625. The molecule has 0 radical (unpaired) electrons. The average Bonchev–Trinajstić information content (AvgIpc) is 2.56. The number of hydrogen-bond donors (Lipinski definition) is 6. The number of aromatic hydroxyl groups is 2. The van der Waals surface area contributed by atoms with Gasteiger partial charge in [0.05, 0.1) is 6.61 Å². The van der Waals surface area contributed by atoms with Gasteiger partial charge in [0.1, 0.15) is 35.9 Å². The van der Waals surface area contributed by atoms with Crippen LogP contribution in [0, 0.1) is 0 Å². The fourth-order valence-corrected chi connectivity index (χ4v) is 2.59. The van der Waals surface area contributed by atoms with Crippen LogP contribution in [-0.4, -0.2) is 74.6 Å². The summed E-state index contributed by atoms with van der Waals surface area (Å²) in [5.74, 6) is 0.0343. The van der Waals surface area contributed by atoms with Crippen LogP contribution in [0.4, 0.5) is 0 Å². The van der Waals surface area contributed by atoms with Crippen molar-refractivity contribution >= 4 is 0 Å². The lowest BCUT2D eigenvalue weighted by molar-refractivity contribution is -0.301. The Labute approximate surface area is 139 Å². The highest BCUT2D eigenvalue weighted by Gasteiger charge is 2.43. The molecule has 1 aliphatic heterocycles. The largest absolute Gasteiger partial charge is 0.508 e. The molecule has 1 heterocycles. The Morgan fingerprint density at radius 3 is 2.42 bits per heavy atom. The number of unbranched alkanes of at least 4 members (excludes halogenated alkanes) is 1. The Kier molecular flexibility index (Phi) is 6.79. The topological polar surface area (TPSA) is 140 Å². The molecule has 5 atom stereocenters. The minimum absolute atomic E-state index is 0.00204. The molecule has 8 nitrogen and oxygen atoms in total. The van der Waals surface area contributed by atoms with Gasteiger partial charge in [-0.15, -0.1) is 0 Å². The minimum Gasteiger partial charge on any atom is -0.508 e. The van der Waals surface area contributed by atoms with E-state index in [1.807, 2.05) is 0 Å². The van der Waals surface area contributed by atoms with Crippen molar-refractivity contribution in [1.29, 1.82) is 0 Å². The molecule has 136 valence electrons. The molecule has 0 aliphatic carbocycles. The second-order valence-electron chi connectivity index (χ2n) is 5.84. The second kappa shape index (κ2) is 8.61. The van der Waals surface area contributed by atoms with Crippen molar-refractivity contribution in [3.63, 3.8) is 0 Å². The predicted molar refractivity (Wildman–Crippen MR) is 82.4 cm³/mol. The fourth-order valence-electron chi connectivity index (χ4n) is 2.59. The van der Waals surface area contributed by atoms with Crippen molar-refractivity contribution in [2.45, 2.75) is 50.0 Å². The third kappa shape index (κ3) is 4.56. The van der Waals surface area contributed by atoms with E-state index >= 15 is 0 Å². The van der Waals surface area contributed by atoms with Gasteiger partial charge in [-0.3, -0.25) is 0 Å². The lowest BCUT2D eigenvalue weighted by Crippen LogP contribution is -2.59. The van der Waals surface area contributed by atoms with E-state index in [4.69, 9.17) is 14.6 Å². The Morgan fingerprint density at radius 2 is 1.75 bits per heavy atom. The third-order valence-corrected chi connectivity index (χ3v) is 4.04. The molecule has 1 fully saturated rings. The van der Waals surface area contributed by atoms with E-state index in [1.165, 1.54) is 12.1 Å². The summed E-state index contributed by atoms with van der Waals surface area (Å²) in [6, 6.07) is 4.42. The summed E-state index contributed by atoms with van der Waals surface area (Å²) in [6.07, 6.45) is -4.47. The Bertz CT molecular complexity index is 521. The quantitative estimate of drug-likeness (QED) is 0.355. The summed E-state index contributed by atoms with van der Waals surface area (Å²) >= 11 is 0. The van der Waals surface area contributed by atoms with Crippen molar-refractivity contribution in [3.8, 4) is 11.5 Å². The van der Waals surface area contributed by atoms with Gasteiger partial charge in [-0.2, -0.15) is 0 Å². The molecule has 2 rings (SSSR count). The highest BCUT2D eigenvalue weighted by molar-refractivity contribution is 5.38. The molecule has 1 aromatic rings. The van der Waals surface area contributed by atoms with Crippen LogP contribution in [-0.2, 0) is 15.9 Å². The first kappa shape index (κ1) is 18.9. The molecule has 0 aromatic heterocycles. The van der Waals surface area contributed by atoms with Gasteiger partial charge >= 0.3 is 0 Å². The molecule has 0 unspecified atom stereocenters. The third-order valence-electron chi connectivity index (χ3n) is 4.04. The molecule has 0 spiro atoms. The number of benzene rings is 1. The van der Waals surface area contributed by atoms with Crippen LogP contribution in [0.5, 0.6) is 11.5 Å². The molecule has 0 saturated carbocycles. The SMILES string of the molecule is OC[C@@H]1O[C@H](OCCCCc2ccc(O)cc2O)[C@@H](O)[C@H](O)[C@H]1O. The second-order valence-corrected chi connectivity index (χ2v) is 5.84. The molecular formula is C16H24O8. The number of aliphatic hydroxyl groups excluding tert-OH is 4. The molecule has 24 heavy (non-hydrogen) atoms. The standard InChI is InChI=1S/C16H24O8/c17-8-12-13(20)14(21)15(22)16(24-12)23-6-2-1-3-9-4-5-10(18)7-11(9)19/h4-5,7,12-22H,1-3,6,8H2/t12-,13-,14+,15-,16-/m0/s1. The molecule has 0 bridgehead atoms. The van der Waals surface area contributed by atoms with E-state index in [-0.39, 0.29) is 18.1 Å². The van der Waals surface area contributed by atoms with E-state index in [9.17, 15) is 25.5 Å². The number of aryl methyl sites for hydroxylation is 1. The van der Waals surface area contributed by atoms with E-state index in [0.29, 0.717) is 24.8 Å². The van der Waals surface area contributed by atoms with E-state index < -0.39 is 37.3 Å². The van der Waals surface area contributed by atoms with E-state index in [2.05, 4.69) is 0 Å². The Balaban J connectivity index is 1.73. The Hall–Kier alpha value is -1.42. The number of phenolic OH excluding ortho intramolecular Hbond substituents is 2. The smallest absolute Gasteiger partial charge is 0.186 e. The number of aliphatic hydroxyl groups is 4. The molecule has 0 amide bonds. The maximum atomic E-state index is 9.82. The van der Waals surface area contributed by atoms with Gasteiger partial charge in [0.2, 0.25) is 0 Å². The zero-order chi connectivity index (χ0) is 17.7. The number of rotatable bonds is 7. The van der Waals surface area contributed by atoms with Crippen LogP contribution in [0.25, 0.3) is 0 Å². The number of hydrogen-bond acceptors (Lipinski definition) is 8. The van der Waals surface area contributed by atoms with E-state index in [0.717, 1.165) is 0 Å². The summed E-state index contributed by atoms with van der Waals surface area (Å²) < 4.78 is 10.6. The van der Waals surface area contributed by atoms with Crippen molar-refractivity contribution < 1.29 is 40.1 Å². The highest BCUT2D eigenvalue weighted by Crippen LogP contribution is 2.25. The summed E-state index contributed by atoms with van der Waals surface area (Å²) in [7, 11) is 0. The maximum Gasteiger partial charge on any atom is 0.186 e. The van der Waals surface area contributed by atoms with Gasteiger partial charge in [-0.1, -0.05) is 6.07 Å². The lowest BCUT2D eigenvalue weighted by atomic mass is 9.99. The van der Waals surface area contributed by atoms with Crippen LogP contribution in [0.1, 0.15) is 18.4 Å². The number of ether oxygens (including phenoxy) is 2. The van der Waals surface area contributed by atoms with Gasteiger partial charge < -0.3 is 40.1 Å². The first-order valence-corrected chi connectivity index (χ1v) is 7.87. The first-order chi connectivity index (χ1) is 11.4. The maximum absolute atomic E-state index is 9.82. The summed E-state index contributed by atoms with van der Waals surface area (Å²) in [4.78, 5) is 0. The van der Waals surface area contributed by atoms with Crippen molar-refractivity contribution in [2.75, 3.05) is 13.2 Å². The van der Waals surface area contributed by atoms with Gasteiger partial charge in [-0.05, 0) is 30.9 Å². The van der Waals surface area contributed by atoms with Gasteiger partial charge in [-0.25, -0.2) is 0 Å². The summed E-state index contributed by atoms with van der Waals surface area (Å²) in [5, 5.41) is 57.1. The number of phenols is 2. The molecule has 1 aliphatic rings. The van der Waals surface area contributed by atoms with Crippen LogP contribution >= 0.6 is 0 Å². The monoisotopic (exact) mass is 344 g/mol. The molecule has 1 saturated heterocycles. The molecular weight excluding hydrogens is 320 g/mol. The van der Waals surface area contributed by atoms with Crippen LogP contribution < -0.4 is 0 Å². The zero-order valence-electron chi connectivity index (χ0n) is 13.2. The van der Waals surface area contributed by atoms with Crippen LogP contribution in [0.15, 0.2) is 18.2 Å². The zero-order valence-corrected chi connectivity index (χ0v) is 13.2. The van der Waals surface area contributed by atoms with Crippen LogP contribution in [0.3, 0.4) is 0 Å². The Morgan fingerprint density at radius 1 is 1.00 bits per heavy atom. The van der Waals surface area contributed by atoms with Crippen LogP contribution in [0.2, 0.25) is 0 Å². The van der Waals surface area contributed by atoms with E-state index in [1.54, 1.807) is 6.07 Å². The minimum atomic E-state index is -1.45. The van der Waals surface area contributed by atoms with Gasteiger partial charge in [0, 0.05) is 12.7 Å². The highest BCUT2D eigenvalue weighted by atomic mass is 16.7. The predicted octanol–water partition coefficient (Wildman–Crippen LogP) is -0.763. The summed E-state index contributed by atoms with van der Waals surface area (Å²) in [5.41, 5.74) is 0.709. The van der Waals surface area contributed by atoms with Crippen molar-refractivity contribution in [2.24, 2.45) is 0 Å². The lowest BCUT2D eigenvalue weighted by Gasteiger charge is -2.39. The molecule has 8 heteroatoms. The van der Waals surface area contributed by atoms with Gasteiger partial charge in [0.15, 0.2) is 6.29 Å². The normalized spacial score (nSPS) is 30.4. The van der Waals surface area contributed by atoms with Crippen molar-refractivity contribution in [1.82, 2.24) is 0 Å². The summed E-state index contributed by atoms with van der Waals surface area (Å²) in [6.45, 7) is -0.257. The van der Waals surface area contributed by atoms with Gasteiger partial charge in [0.25, 0.3) is 0 Å².